The van der Waals surface area contributed by atoms with E-state index in [1.807, 2.05) is 44.2 Å². The normalized spacial score (nSPS) is 10.9. The number of aromatic amines is 1. The van der Waals surface area contributed by atoms with Crippen molar-refractivity contribution in [2.24, 2.45) is 0 Å². The van der Waals surface area contributed by atoms with Gasteiger partial charge in [-0.2, -0.15) is 0 Å². The number of H-pyrrole nitrogens is 1. The predicted octanol–water partition coefficient (Wildman–Crippen LogP) is 4.78. The van der Waals surface area contributed by atoms with Crippen molar-refractivity contribution in [1.82, 2.24) is 4.98 Å². The molecule has 1 N–H and O–H groups in total. The molecule has 0 bridgehead atoms. The van der Waals surface area contributed by atoms with Crippen LogP contribution in [0.15, 0.2) is 47.1 Å². The summed E-state index contributed by atoms with van der Waals surface area (Å²) in [5.41, 5.74) is 4.67. The Morgan fingerprint density at radius 2 is 1.85 bits per heavy atom. The summed E-state index contributed by atoms with van der Waals surface area (Å²) in [6.45, 7) is 4.03. The first-order valence-electron chi connectivity index (χ1n) is 6.44. The number of carbonyl (C=O) groups excluding carboxylic acids is 1. The van der Waals surface area contributed by atoms with Crippen molar-refractivity contribution in [2.45, 2.75) is 13.8 Å². The minimum absolute atomic E-state index is 0.0458. The van der Waals surface area contributed by atoms with Gasteiger partial charge in [-0.3, -0.25) is 4.79 Å². The Hall–Kier alpha value is -1.87. The van der Waals surface area contributed by atoms with Crippen LogP contribution in [0.2, 0.25) is 0 Å². The molecule has 0 saturated carbocycles. The molecule has 0 fully saturated rings. The number of hydrogen-bond acceptors (Lipinski definition) is 1. The van der Waals surface area contributed by atoms with E-state index in [0.29, 0.717) is 5.56 Å². The number of aryl methyl sites for hydroxylation is 2. The lowest BCUT2D eigenvalue weighted by molar-refractivity contribution is 0.104. The van der Waals surface area contributed by atoms with E-state index >= 15 is 0 Å². The molecule has 0 atom stereocenters. The fraction of sp³-hybridized carbons (Fsp3) is 0.118. The molecule has 3 aromatic rings. The molecule has 0 spiro atoms. The first-order valence-corrected chi connectivity index (χ1v) is 7.23. The van der Waals surface area contributed by atoms with Crippen molar-refractivity contribution in [3.63, 3.8) is 0 Å². The third-order valence-electron chi connectivity index (χ3n) is 3.39. The van der Waals surface area contributed by atoms with Gasteiger partial charge in [0.25, 0.3) is 0 Å². The average molecular weight is 328 g/mol. The summed E-state index contributed by atoms with van der Waals surface area (Å²) in [7, 11) is 0. The first kappa shape index (κ1) is 13.1. The molecule has 0 aliphatic heterocycles. The Labute approximate surface area is 126 Å². The zero-order chi connectivity index (χ0) is 14.3. The van der Waals surface area contributed by atoms with E-state index in [1.54, 1.807) is 6.20 Å². The molecule has 3 rings (SSSR count). The SMILES string of the molecule is Cc1cc(Br)cc(C(=O)c2c[nH]c3cc(C)ccc23)c1. The summed E-state index contributed by atoms with van der Waals surface area (Å²) >= 11 is 3.44. The lowest BCUT2D eigenvalue weighted by atomic mass is 10.0. The first-order chi connectivity index (χ1) is 9.54. The van der Waals surface area contributed by atoms with Gasteiger partial charge in [-0.15, -0.1) is 0 Å². The van der Waals surface area contributed by atoms with Gasteiger partial charge < -0.3 is 4.98 Å². The van der Waals surface area contributed by atoms with Crippen LogP contribution in [0.1, 0.15) is 27.0 Å². The van der Waals surface area contributed by atoms with Crippen LogP contribution in [0.4, 0.5) is 0 Å². The highest BCUT2D eigenvalue weighted by molar-refractivity contribution is 9.10. The predicted molar refractivity (Wildman–Crippen MR) is 85.3 cm³/mol. The van der Waals surface area contributed by atoms with Crippen LogP contribution in [0.5, 0.6) is 0 Å². The molecular weight excluding hydrogens is 314 g/mol. The van der Waals surface area contributed by atoms with Crippen molar-refractivity contribution in [3.8, 4) is 0 Å². The van der Waals surface area contributed by atoms with E-state index in [4.69, 9.17) is 0 Å². The van der Waals surface area contributed by atoms with Crippen LogP contribution in [0, 0.1) is 13.8 Å². The molecule has 2 aromatic carbocycles. The van der Waals surface area contributed by atoms with E-state index in [-0.39, 0.29) is 5.78 Å². The molecule has 100 valence electrons. The summed E-state index contributed by atoms with van der Waals surface area (Å²) in [5, 5.41) is 0.971. The lowest BCUT2D eigenvalue weighted by Gasteiger charge is -2.03. The second kappa shape index (κ2) is 4.91. The molecule has 0 saturated heterocycles. The maximum atomic E-state index is 12.7. The lowest BCUT2D eigenvalue weighted by Crippen LogP contribution is -2.00. The van der Waals surface area contributed by atoms with E-state index in [1.165, 1.54) is 5.56 Å². The Morgan fingerprint density at radius 3 is 2.60 bits per heavy atom. The van der Waals surface area contributed by atoms with Crippen molar-refractivity contribution in [3.05, 3.63) is 69.3 Å². The molecule has 1 aromatic heterocycles. The highest BCUT2D eigenvalue weighted by Gasteiger charge is 2.14. The summed E-state index contributed by atoms with van der Waals surface area (Å²) in [6, 6.07) is 11.9. The number of halogens is 1. The quantitative estimate of drug-likeness (QED) is 0.675. The summed E-state index contributed by atoms with van der Waals surface area (Å²) in [5.74, 6) is 0.0458. The minimum Gasteiger partial charge on any atom is -0.360 e. The molecule has 20 heavy (non-hydrogen) atoms. The molecule has 0 amide bonds. The average Bonchev–Trinajstić information content (AvgIpc) is 2.79. The number of hydrogen-bond donors (Lipinski definition) is 1. The van der Waals surface area contributed by atoms with Gasteiger partial charge in [-0.05, 0) is 49.2 Å². The number of nitrogens with one attached hydrogen (secondary N) is 1. The summed E-state index contributed by atoms with van der Waals surface area (Å²) in [4.78, 5) is 15.8. The number of fused-ring (bicyclic) bond motifs is 1. The van der Waals surface area contributed by atoms with Crippen LogP contribution in [0.25, 0.3) is 10.9 Å². The van der Waals surface area contributed by atoms with Crippen LogP contribution >= 0.6 is 15.9 Å². The van der Waals surface area contributed by atoms with Crippen LogP contribution < -0.4 is 0 Å². The Bertz CT molecular complexity index is 797. The third-order valence-corrected chi connectivity index (χ3v) is 3.84. The molecular formula is C17H14BrNO. The fourth-order valence-electron chi connectivity index (χ4n) is 2.45. The van der Waals surface area contributed by atoms with E-state index in [2.05, 4.69) is 27.0 Å². The van der Waals surface area contributed by atoms with Gasteiger partial charge in [-0.25, -0.2) is 0 Å². The van der Waals surface area contributed by atoms with Gasteiger partial charge in [0.2, 0.25) is 0 Å². The summed E-state index contributed by atoms with van der Waals surface area (Å²) < 4.78 is 0.927. The maximum absolute atomic E-state index is 12.7. The molecule has 1 heterocycles. The molecule has 0 aliphatic rings. The molecule has 0 unspecified atom stereocenters. The van der Waals surface area contributed by atoms with Crippen LogP contribution in [0.3, 0.4) is 0 Å². The van der Waals surface area contributed by atoms with Gasteiger partial charge in [0, 0.05) is 32.7 Å². The third kappa shape index (κ3) is 2.29. The van der Waals surface area contributed by atoms with Gasteiger partial charge in [0.1, 0.15) is 0 Å². The topological polar surface area (TPSA) is 32.9 Å². The number of aromatic nitrogens is 1. The zero-order valence-corrected chi connectivity index (χ0v) is 12.9. The van der Waals surface area contributed by atoms with Crippen molar-refractivity contribution in [2.75, 3.05) is 0 Å². The minimum atomic E-state index is 0.0458. The standard InChI is InChI=1S/C17H14BrNO/c1-10-3-4-14-15(9-19-16(14)7-10)17(20)12-5-11(2)6-13(18)8-12/h3-9,19H,1-2H3. The van der Waals surface area contributed by atoms with E-state index < -0.39 is 0 Å². The smallest absolute Gasteiger partial charge is 0.195 e. The van der Waals surface area contributed by atoms with Gasteiger partial charge >= 0.3 is 0 Å². The van der Waals surface area contributed by atoms with Gasteiger partial charge in [0.15, 0.2) is 5.78 Å². The van der Waals surface area contributed by atoms with Crippen LogP contribution in [-0.2, 0) is 0 Å². The number of ketones is 1. The second-order valence-electron chi connectivity index (χ2n) is 5.10. The highest BCUT2D eigenvalue weighted by Crippen LogP contribution is 2.24. The Kier molecular flexibility index (Phi) is 3.22. The Morgan fingerprint density at radius 1 is 1.05 bits per heavy atom. The second-order valence-corrected chi connectivity index (χ2v) is 6.01. The molecule has 0 radical (unpaired) electrons. The molecule has 2 nitrogen and oxygen atoms in total. The highest BCUT2D eigenvalue weighted by atomic mass is 79.9. The monoisotopic (exact) mass is 327 g/mol. The van der Waals surface area contributed by atoms with E-state index in [0.717, 1.165) is 26.5 Å². The maximum Gasteiger partial charge on any atom is 0.195 e. The van der Waals surface area contributed by atoms with Crippen molar-refractivity contribution < 1.29 is 4.79 Å². The van der Waals surface area contributed by atoms with Gasteiger partial charge in [-0.1, -0.05) is 28.1 Å². The summed E-state index contributed by atoms with van der Waals surface area (Å²) in [6.07, 6.45) is 1.79. The van der Waals surface area contributed by atoms with Gasteiger partial charge in [0.05, 0.1) is 0 Å². The van der Waals surface area contributed by atoms with E-state index in [9.17, 15) is 4.79 Å². The number of benzene rings is 2. The van der Waals surface area contributed by atoms with Crippen molar-refractivity contribution in [1.29, 1.82) is 0 Å². The molecule has 3 heteroatoms. The largest absolute Gasteiger partial charge is 0.360 e. The Balaban J connectivity index is 2.12. The number of carbonyl (C=O) groups is 1. The number of rotatable bonds is 2. The zero-order valence-electron chi connectivity index (χ0n) is 11.3. The molecule has 0 aliphatic carbocycles. The van der Waals surface area contributed by atoms with Crippen molar-refractivity contribution >= 4 is 32.6 Å². The fourth-order valence-corrected chi connectivity index (χ4v) is 3.06. The van der Waals surface area contributed by atoms with Crippen LogP contribution in [-0.4, -0.2) is 10.8 Å².